The number of aliphatic hydroxyl groups is 1. The Balaban J connectivity index is 1.38. The molecule has 8 amide bonds. The molecule has 2 fully saturated rings. The van der Waals surface area contributed by atoms with E-state index in [2.05, 4.69) is 31.9 Å². The second-order valence-corrected chi connectivity index (χ2v) is 19.0. The zero-order valence-corrected chi connectivity index (χ0v) is 41.8. The van der Waals surface area contributed by atoms with Gasteiger partial charge in [0, 0.05) is 51.4 Å². The fourth-order valence-electron chi connectivity index (χ4n) is 8.79. The van der Waals surface area contributed by atoms with Gasteiger partial charge in [0.2, 0.25) is 23.6 Å². The van der Waals surface area contributed by atoms with Crippen molar-refractivity contribution in [1.29, 1.82) is 0 Å². The number of epoxide rings is 1. The fourth-order valence-corrected chi connectivity index (χ4v) is 9.10. The molecule has 4 bridgehead atoms. The number of primary amides is 1. The summed E-state index contributed by atoms with van der Waals surface area (Å²) in [6.45, 7) is 10.3. The Morgan fingerprint density at radius 2 is 1.73 bits per heavy atom. The number of alkyl carbamates (subject to hydrolysis) is 2. The van der Waals surface area contributed by atoms with Gasteiger partial charge in [-0.15, -0.1) is 0 Å². The molecule has 1 aromatic carbocycles. The molecule has 0 aromatic heterocycles. The predicted molar refractivity (Wildman–Crippen MR) is 257 cm³/mol. The van der Waals surface area contributed by atoms with Crippen molar-refractivity contribution in [3.63, 3.8) is 0 Å². The Hall–Kier alpha value is -6.16. The number of allylic oxidation sites excluding steroid dienone is 7. The van der Waals surface area contributed by atoms with E-state index in [0.29, 0.717) is 35.7 Å². The molecule has 70 heavy (non-hydrogen) atoms. The smallest absolute Gasteiger partial charge is 0.411 e. The minimum Gasteiger partial charge on any atom is -0.495 e. The van der Waals surface area contributed by atoms with Gasteiger partial charge in [-0.25, -0.2) is 14.4 Å². The molecule has 3 aliphatic heterocycles. The predicted octanol–water partition coefficient (Wildman–Crippen LogP) is 3.62. The first-order valence-electron chi connectivity index (χ1n) is 23.2. The second kappa shape index (κ2) is 23.6. The number of benzene rings is 1. The molecule has 4 aliphatic rings. The summed E-state index contributed by atoms with van der Waals surface area (Å²) in [6.07, 6.45) is 3.68. The summed E-state index contributed by atoms with van der Waals surface area (Å²) in [5.41, 5.74) is 4.96. The Kier molecular flexibility index (Phi) is 18.5. The third-order valence-electron chi connectivity index (χ3n) is 12.8. The van der Waals surface area contributed by atoms with Gasteiger partial charge >= 0.3 is 18.2 Å². The van der Waals surface area contributed by atoms with Crippen molar-refractivity contribution in [2.24, 2.45) is 17.6 Å². The highest BCUT2D eigenvalue weighted by molar-refractivity contribution is 6.35. The molecule has 2 saturated heterocycles. The van der Waals surface area contributed by atoms with Crippen molar-refractivity contribution in [1.82, 2.24) is 31.9 Å². The number of hydrogen-bond donors (Lipinski definition) is 8. The van der Waals surface area contributed by atoms with E-state index in [9.17, 15) is 38.7 Å². The SMILES string of the molecule is COc1cc2cc(c1Cl)N(C)C(=O)C[C@H](OC(=O)NC1=CC=C(NC(=O)[C@H](CCCNC(N)=O)NC(=O)[C@@H](NC(C)=O)C(C)C)CC1)[C@]1(C)O[C@H]1[C@H](C)[C@@H]1C[C@@](O)(NC(=O)O1)[C@H](OC)/C=C/C=C(\C)C2. The first kappa shape index (κ1) is 54.8. The number of nitrogens with one attached hydrogen (secondary N) is 6. The van der Waals surface area contributed by atoms with Crippen molar-refractivity contribution in [3.8, 4) is 5.75 Å². The number of methoxy groups -OCH3 is 2. The van der Waals surface area contributed by atoms with Gasteiger partial charge in [0.25, 0.3) is 0 Å². The van der Waals surface area contributed by atoms with E-state index in [1.807, 2.05) is 13.0 Å². The molecule has 1 aliphatic carbocycles. The van der Waals surface area contributed by atoms with Crippen LogP contribution in [0, 0.1) is 11.8 Å². The van der Waals surface area contributed by atoms with Gasteiger partial charge in [-0.1, -0.05) is 56.2 Å². The highest BCUT2D eigenvalue weighted by atomic mass is 35.5. The Bertz CT molecular complexity index is 2300. The number of carbonyl (C=O) groups is 7. The van der Waals surface area contributed by atoms with Gasteiger partial charge < -0.3 is 60.7 Å². The summed E-state index contributed by atoms with van der Waals surface area (Å²) in [6, 6.07) is 0.862. The zero-order valence-electron chi connectivity index (χ0n) is 41.1. The van der Waals surface area contributed by atoms with Gasteiger partial charge in [-0.2, -0.15) is 0 Å². The van der Waals surface area contributed by atoms with Gasteiger partial charge in [-0.3, -0.25) is 29.8 Å². The minimum absolute atomic E-state index is 0.0930. The highest BCUT2D eigenvalue weighted by Gasteiger charge is 2.64. The summed E-state index contributed by atoms with van der Waals surface area (Å²) >= 11 is 6.80. The first-order valence-corrected chi connectivity index (χ1v) is 23.5. The van der Waals surface area contributed by atoms with Gasteiger partial charge in [0.05, 0.1) is 25.3 Å². The summed E-state index contributed by atoms with van der Waals surface area (Å²) < 4.78 is 29.3. The summed E-state index contributed by atoms with van der Waals surface area (Å²) in [5, 5.41) is 27.9. The first-order chi connectivity index (χ1) is 33.0. The molecule has 0 spiro atoms. The van der Waals surface area contributed by atoms with Crippen LogP contribution in [0.2, 0.25) is 5.02 Å². The number of nitrogens with zero attached hydrogens (tertiary/aromatic N) is 1. The molecule has 3 heterocycles. The van der Waals surface area contributed by atoms with Crippen LogP contribution in [0.1, 0.15) is 85.6 Å². The monoisotopic (exact) mass is 998 g/mol. The quantitative estimate of drug-likeness (QED) is 0.0978. The van der Waals surface area contributed by atoms with E-state index >= 15 is 0 Å². The molecule has 9 N–H and O–H groups in total. The van der Waals surface area contributed by atoms with Gasteiger partial charge in [-0.05, 0) is 81.7 Å². The van der Waals surface area contributed by atoms with Crippen LogP contribution >= 0.6 is 11.6 Å². The molecule has 0 unspecified atom stereocenters. The number of carbonyl (C=O) groups excluding carboxylic acids is 7. The minimum atomic E-state index is -1.87. The van der Waals surface area contributed by atoms with Crippen LogP contribution in [0.4, 0.5) is 20.1 Å². The second-order valence-electron chi connectivity index (χ2n) is 18.6. The fraction of sp³-hybridized carbons (Fsp3) is 0.562. The van der Waals surface area contributed by atoms with Crippen molar-refractivity contribution in [2.75, 3.05) is 32.7 Å². The summed E-state index contributed by atoms with van der Waals surface area (Å²) in [5.74, 6) is -2.51. The van der Waals surface area contributed by atoms with Crippen LogP contribution in [0.3, 0.4) is 0 Å². The van der Waals surface area contributed by atoms with E-state index in [1.54, 1.807) is 71.2 Å². The number of urea groups is 1. The topological polar surface area (TPSA) is 291 Å². The maximum atomic E-state index is 14.3. The van der Waals surface area contributed by atoms with Crippen molar-refractivity contribution in [3.05, 3.63) is 70.1 Å². The molecule has 1 aromatic rings. The van der Waals surface area contributed by atoms with Gasteiger partial charge in [0.15, 0.2) is 5.72 Å². The number of anilines is 1. The number of amides is 8. The molecular formula is C48H67ClN8O13. The van der Waals surface area contributed by atoms with Crippen molar-refractivity contribution >= 4 is 59.1 Å². The lowest BCUT2D eigenvalue weighted by atomic mass is 9.83. The Labute approximate surface area is 412 Å². The normalized spacial score (nSPS) is 27.8. The molecule has 5 rings (SSSR count). The van der Waals surface area contributed by atoms with E-state index < -0.39 is 95.6 Å². The maximum absolute atomic E-state index is 14.3. The molecule has 0 saturated carbocycles. The van der Waals surface area contributed by atoms with Crippen LogP contribution in [-0.2, 0) is 44.5 Å². The standard InChI is InChI=1S/C48H67ClN8O13/c1-25(2)40(52-28(5)58)43(61)55-32(13-11-19-51-44(50)62)42(60)53-30-15-17-31(18-16-30)54-45(63)69-37-23-38(59)57(7)33-21-29(22-34(66-8)39(33)49)20-26(3)12-10-14-36(67-9)48(65)24-35(68-46(64)56-48)27(4)41-47(37,6)70-41/h10,12,14-15,17,21-22,25,27,32,35-37,40-41,65H,11,13,16,18-20,23-24H2,1-9H3,(H,52,58)(H,53,60)(H,54,63)(H,55,61)(H,56,64)(H3,50,51,62)/b14-10+,26-12+/t27-,32+,35+,36-,37+,40+,41+,47+,48+/m1/s1. The average molecular weight is 1000 g/mol. The van der Waals surface area contributed by atoms with Crippen molar-refractivity contribution < 1.29 is 62.4 Å². The van der Waals surface area contributed by atoms with E-state index in [1.165, 1.54) is 26.0 Å². The largest absolute Gasteiger partial charge is 0.495 e. The highest BCUT2D eigenvalue weighted by Crippen LogP contribution is 2.49. The van der Waals surface area contributed by atoms with Crippen LogP contribution in [-0.4, -0.2) is 123 Å². The van der Waals surface area contributed by atoms with Crippen LogP contribution in [0.15, 0.2) is 59.5 Å². The molecule has 9 atom stereocenters. The molecule has 22 heteroatoms. The van der Waals surface area contributed by atoms with E-state index in [0.717, 1.165) is 11.1 Å². The zero-order chi connectivity index (χ0) is 51.7. The average Bonchev–Trinajstić information content (AvgIpc) is 3.99. The number of rotatable bonds is 14. The van der Waals surface area contributed by atoms with Crippen molar-refractivity contribution in [2.45, 2.75) is 134 Å². The molecule has 384 valence electrons. The summed E-state index contributed by atoms with van der Waals surface area (Å²) in [4.78, 5) is 92.4. The summed E-state index contributed by atoms with van der Waals surface area (Å²) in [7, 11) is 4.43. The van der Waals surface area contributed by atoms with Crippen LogP contribution < -0.4 is 47.3 Å². The third kappa shape index (κ3) is 14.0. The molecule has 0 radical (unpaired) electrons. The maximum Gasteiger partial charge on any atom is 0.411 e. The number of fused-ring (bicyclic) bond motifs is 5. The Morgan fingerprint density at radius 1 is 1.04 bits per heavy atom. The number of halogens is 1. The van der Waals surface area contributed by atoms with Crippen LogP contribution in [0.5, 0.6) is 5.75 Å². The lowest BCUT2D eigenvalue weighted by Gasteiger charge is -2.42. The van der Waals surface area contributed by atoms with Gasteiger partial charge in [0.1, 0.15) is 46.8 Å². The lowest BCUT2D eigenvalue weighted by molar-refractivity contribution is -0.142. The van der Waals surface area contributed by atoms with E-state index in [-0.39, 0.29) is 49.6 Å². The third-order valence-corrected chi connectivity index (χ3v) is 13.2. The Morgan fingerprint density at radius 3 is 2.34 bits per heavy atom. The number of nitrogens with two attached hydrogens (primary N) is 1. The number of ether oxygens (including phenoxy) is 5. The molecular weight excluding hydrogens is 932 g/mol. The molecule has 21 nitrogen and oxygen atoms in total. The van der Waals surface area contributed by atoms with E-state index in [4.69, 9.17) is 41.0 Å². The number of hydrogen-bond acceptors (Lipinski definition) is 13. The van der Waals surface area contributed by atoms with Crippen LogP contribution in [0.25, 0.3) is 0 Å². The lowest BCUT2D eigenvalue weighted by Crippen LogP contribution is -2.63.